The quantitative estimate of drug-likeness (QED) is 0.125. The van der Waals surface area contributed by atoms with Gasteiger partial charge < -0.3 is 43.0 Å². The van der Waals surface area contributed by atoms with E-state index in [1.807, 2.05) is 20.8 Å². The summed E-state index contributed by atoms with van der Waals surface area (Å²) in [5.74, 6) is -1.27. The van der Waals surface area contributed by atoms with Crippen LogP contribution in [0.15, 0.2) is 0 Å². The fourth-order valence-corrected chi connectivity index (χ4v) is 1.000. The molecule has 0 bridgehead atoms. The van der Waals surface area contributed by atoms with Gasteiger partial charge in [-0.1, -0.05) is 7.43 Å². The number of methoxy groups -OCH3 is 1. The van der Waals surface area contributed by atoms with Gasteiger partial charge in [-0.25, -0.2) is 0 Å². The molecule has 214 valence electrons. The van der Waals surface area contributed by atoms with Crippen molar-refractivity contribution in [2.24, 2.45) is 17.2 Å². The smallest absolute Gasteiger partial charge is 0.302 e. The van der Waals surface area contributed by atoms with E-state index in [9.17, 15) is 19.2 Å². The average Bonchev–Trinajstić information content (AvgIpc) is 2.72. The predicted octanol–water partition coefficient (Wildman–Crippen LogP) is -1.33. The van der Waals surface area contributed by atoms with Crippen LogP contribution in [0.4, 0.5) is 0 Å². The third-order valence-corrected chi connectivity index (χ3v) is 2.44. The Labute approximate surface area is 244 Å². The summed E-state index contributed by atoms with van der Waals surface area (Å²) < 4.78 is 9.36. The molecular formula is C21H51BN6O7U. The topological polar surface area (TPSA) is 229 Å². The van der Waals surface area contributed by atoms with Gasteiger partial charge in [-0.3, -0.25) is 24.0 Å². The molecule has 0 aromatic heterocycles. The molecule has 0 aliphatic carbocycles. The summed E-state index contributed by atoms with van der Waals surface area (Å²) in [6, 6.07) is 0.213. The summed E-state index contributed by atoms with van der Waals surface area (Å²) in [5.41, 5.74) is 15.5. The number of ether oxygens (including phenoxy) is 1. The minimum atomic E-state index is -0.833. The van der Waals surface area contributed by atoms with Gasteiger partial charge in [0.05, 0.1) is 7.11 Å². The Morgan fingerprint density at radius 1 is 0.861 bits per heavy atom. The van der Waals surface area contributed by atoms with Crippen molar-refractivity contribution in [2.45, 2.75) is 80.9 Å². The molecule has 0 saturated carbocycles. The van der Waals surface area contributed by atoms with Gasteiger partial charge in [-0.15, -0.1) is 0 Å². The van der Waals surface area contributed by atoms with E-state index in [-0.39, 0.29) is 80.4 Å². The first-order valence-corrected chi connectivity index (χ1v) is 10.1. The van der Waals surface area contributed by atoms with Crippen LogP contribution >= 0.6 is 0 Å². The normalized spacial score (nSPS) is 10.4. The van der Waals surface area contributed by atoms with Gasteiger partial charge in [0.15, 0.2) is 0 Å². The second-order valence-electron chi connectivity index (χ2n) is 6.88. The maximum atomic E-state index is 10.5. The van der Waals surface area contributed by atoms with Crippen molar-refractivity contribution in [1.82, 2.24) is 16.0 Å². The van der Waals surface area contributed by atoms with Crippen LogP contribution in [0, 0.1) is 31.1 Å². The fourth-order valence-electron chi connectivity index (χ4n) is 1.000. The molecule has 0 heterocycles. The molecule has 0 rings (SSSR count). The molecule has 0 fully saturated rings. The number of carbonyl (C=O) groups excluding carboxylic acids is 4. The van der Waals surface area contributed by atoms with E-state index in [1.54, 1.807) is 0 Å². The molecular weight excluding hydrogens is 697 g/mol. The number of hydrogen-bond donors (Lipinski definition) is 7. The van der Waals surface area contributed by atoms with Crippen LogP contribution < -0.4 is 33.2 Å². The van der Waals surface area contributed by atoms with E-state index in [1.165, 1.54) is 34.8 Å². The molecule has 36 heavy (non-hydrogen) atoms. The zero-order chi connectivity index (χ0) is 29.6. The van der Waals surface area contributed by atoms with Crippen LogP contribution in [0.5, 0.6) is 0 Å². The molecule has 13 nitrogen and oxygen atoms in total. The molecule has 0 aliphatic rings. The Morgan fingerprint density at radius 2 is 1.14 bits per heavy atom. The SMILES string of the molecule is C.CC(=O)NCC(C)N.CC(=O)NCC(C)NC(C)=O.CC(=O)O.CC(N)CN.COC(C)=O.[3H][B].[U]. The minimum Gasteiger partial charge on any atom is -0.481 e. The van der Waals surface area contributed by atoms with Crippen molar-refractivity contribution in [3.63, 3.8) is 0 Å². The van der Waals surface area contributed by atoms with Gasteiger partial charge in [0.1, 0.15) is 0 Å². The van der Waals surface area contributed by atoms with Crippen molar-refractivity contribution >= 4 is 38.0 Å². The van der Waals surface area contributed by atoms with Gasteiger partial charge in [0.2, 0.25) is 17.7 Å². The summed E-state index contributed by atoms with van der Waals surface area (Å²) in [5, 5.41) is 15.2. The first-order valence-electron chi connectivity index (χ1n) is 10.7. The number of hydrogen-bond acceptors (Lipinski definition) is 9. The molecule has 0 aliphatic heterocycles. The van der Waals surface area contributed by atoms with Crippen molar-refractivity contribution in [3.05, 3.63) is 0 Å². The second-order valence-corrected chi connectivity index (χ2v) is 6.88. The molecule has 0 spiro atoms. The summed E-state index contributed by atoms with van der Waals surface area (Å²) in [6.45, 7) is 14.0. The Kier molecular flexibility index (Phi) is 57.5. The first-order chi connectivity index (χ1) is 15.9. The second kappa shape index (κ2) is 40.5. The molecule has 2 radical (unpaired) electrons. The summed E-state index contributed by atoms with van der Waals surface area (Å²) in [4.78, 5) is 49.7. The Hall–Kier alpha value is -1.65. The molecule has 10 N–H and O–H groups in total. The number of nitrogens with two attached hydrogens (primary N) is 3. The molecule has 3 atom stereocenters. The number of esters is 1. The number of rotatable bonds is 6. The molecule has 15 heteroatoms. The standard InChI is InChI=1S/C7H14N2O2.C5H12N2O.C3H10N2.C3H6O2.C2H4O2.CH4.BH.U/c1-5(9-7(3)11)4-8-6(2)10;1-4(6)3-7-5(2)8;1-3(5)2-4;1-3(4)5-2;1-2(3)4;;;/h5H,4H2,1-3H3,(H,8,10)(H,9,11);4H,3,6H2,1-2H3,(H,7,8);3H,2,4-5H2,1H3;1-2H3;1H3,(H,3,4);1H4;1H;/i;;;;;;1T;. The number of carbonyl (C=O) groups is 5. The van der Waals surface area contributed by atoms with Crippen LogP contribution in [-0.4, -0.2) is 89.3 Å². The van der Waals surface area contributed by atoms with Crippen molar-refractivity contribution < 1.29 is 64.9 Å². The zero-order valence-electron chi connectivity index (χ0n) is 23.6. The van der Waals surface area contributed by atoms with Crippen LogP contribution in [0.25, 0.3) is 0 Å². The third kappa shape index (κ3) is 119. The van der Waals surface area contributed by atoms with E-state index in [2.05, 4.69) is 29.1 Å². The maximum absolute atomic E-state index is 10.5. The molecule has 3 amide bonds. The number of aliphatic carboxylic acids is 1. The Morgan fingerprint density at radius 3 is 1.28 bits per heavy atom. The Bertz CT molecular complexity index is 546. The van der Waals surface area contributed by atoms with E-state index >= 15 is 0 Å². The third-order valence-electron chi connectivity index (χ3n) is 2.44. The maximum Gasteiger partial charge on any atom is 0.302 e. The van der Waals surface area contributed by atoms with Gasteiger partial charge in [-0.2, -0.15) is 0 Å². The molecule has 0 aromatic carbocycles. The predicted molar refractivity (Wildman–Crippen MR) is 142 cm³/mol. The number of carboxylic acids is 1. The molecule has 0 saturated heterocycles. The fraction of sp³-hybridized carbons (Fsp3) is 0.762. The summed E-state index contributed by atoms with van der Waals surface area (Å²) >= 11 is 0. The first kappa shape index (κ1) is 51.1. The van der Waals surface area contributed by atoms with E-state index < -0.39 is 5.97 Å². The molecule has 0 aromatic rings. The van der Waals surface area contributed by atoms with Crippen LogP contribution in [0.1, 0.15) is 62.8 Å². The zero-order valence-corrected chi connectivity index (χ0v) is 26.7. The van der Waals surface area contributed by atoms with Crippen molar-refractivity contribution in [3.8, 4) is 0 Å². The van der Waals surface area contributed by atoms with Crippen molar-refractivity contribution in [1.29, 1.82) is 1.34 Å². The van der Waals surface area contributed by atoms with Gasteiger partial charge in [-0.05, 0) is 22.1 Å². The van der Waals surface area contributed by atoms with Gasteiger partial charge >= 0.3 is 5.97 Å². The van der Waals surface area contributed by atoms with Gasteiger partial charge in [0, 0.05) is 112 Å². The Balaban J connectivity index is -0.0000000481. The average molecular weight is 751 g/mol. The van der Waals surface area contributed by atoms with Crippen LogP contribution in [-0.2, 0) is 28.7 Å². The van der Waals surface area contributed by atoms with Crippen LogP contribution in [0.3, 0.4) is 0 Å². The van der Waals surface area contributed by atoms with E-state index in [0.717, 1.165) is 6.92 Å². The largest absolute Gasteiger partial charge is 0.481 e. The van der Waals surface area contributed by atoms with Crippen molar-refractivity contribution in [2.75, 3.05) is 26.7 Å². The number of carboxylic acid groups (broad SMARTS) is 1. The monoisotopic (exact) mass is 750 g/mol. The summed E-state index contributed by atoms with van der Waals surface area (Å²) in [7, 11) is 5.10. The number of amides is 3. The van der Waals surface area contributed by atoms with E-state index in [4.69, 9.17) is 28.4 Å². The molecule has 3 unspecified atom stereocenters. The summed E-state index contributed by atoms with van der Waals surface area (Å²) in [6.07, 6.45) is 0. The van der Waals surface area contributed by atoms with E-state index in [0.29, 0.717) is 19.6 Å². The van der Waals surface area contributed by atoms with Gasteiger partial charge in [0.25, 0.3) is 5.97 Å². The minimum absolute atomic E-state index is 0. The number of nitrogens with one attached hydrogen (secondary N) is 3. The van der Waals surface area contributed by atoms with Crippen LogP contribution in [0.2, 0.25) is 0 Å².